The molecule has 4 rings (SSSR count). The summed E-state index contributed by atoms with van der Waals surface area (Å²) in [6, 6.07) is 20.3. The van der Waals surface area contributed by atoms with Gasteiger partial charge in [-0.05, 0) is 61.4 Å². The number of nitrogens with one attached hydrogen (secondary N) is 1. The van der Waals surface area contributed by atoms with Gasteiger partial charge < -0.3 is 14.6 Å². The Morgan fingerprint density at radius 1 is 0.968 bits per heavy atom. The molecule has 6 heteroatoms. The lowest BCUT2D eigenvalue weighted by atomic mass is 10.1. The summed E-state index contributed by atoms with van der Waals surface area (Å²) in [7, 11) is 0. The maximum Gasteiger partial charge on any atom is 0.271 e. The Bertz CT molecular complexity index is 1140. The van der Waals surface area contributed by atoms with Crippen LogP contribution in [0.2, 0.25) is 0 Å². The van der Waals surface area contributed by atoms with Crippen LogP contribution in [0.1, 0.15) is 30.8 Å². The van der Waals surface area contributed by atoms with Crippen molar-refractivity contribution in [1.82, 2.24) is 24.4 Å². The summed E-state index contributed by atoms with van der Waals surface area (Å²) in [5.41, 5.74) is 3.79. The number of fused-ring (bicyclic) bond motifs is 1. The zero-order chi connectivity index (χ0) is 21.6. The van der Waals surface area contributed by atoms with Gasteiger partial charge in [0.25, 0.3) is 5.91 Å². The summed E-state index contributed by atoms with van der Waals surface area (Å²) in [4.78, 5) is 14.9. The second-order valence-electron chi connectivity index (χ2n) is 7.55. The molecule has 0 saturated heterocycles. The molecule has 0 aliphatic rings. The minimum atomic E-state index is -0.135. The van der Waals surface area contributed by atoms with Gasteiger partial charge in [-0.1, -0.05) is 50.2 Å². The molecule has 0 saturated carbocycles. The van der Waals surface area contributed by atoms with Gasteiger partial charge in [-0.25, -0.2) is 4.68 Å². The average Bonchev–Trinajstić information content (AvgIpc) is 3.46. The van der Waals surface area contributed by atoms with E-state index in [9.17, 15) is 4.79 Å². The van der Waals surface area contributed by atoms with E-state index in [4.69, 9.17) is 0 Å². The maximum atomic E-state index is 12.5. The fourth-order valence-corrected chi connectivity index (χ4v) is 3.78. The van der Waals surface area contributed by atoms with Crippen LogP contribution < -0.4 is 5.32 Å². The van der Waals surface area contributed by atoms with Gasteiger partial charge in [-0.15, -0.1) is 0 Å². The zero-order valence-electron chi connectivity index (χ0n) is 18.2. The first kappa shape index (κ1) is 20.9. The molecule has 0 unspecified atom stereocenters. The van der Waals surface area contributed by atoms with E-state index in [-0.39, 0.29) is 5.91 Å². The monoisotopic (exact) mass is 415 g/mol. The Morgan fingerprint density at radius 3 is 2.52 bits per heavy atom. The molecule has 3 aromatic heterocycles. The van der Waals surface area contributed by atoms with Gasteiger partial charge in [-0.3, -0.25) is 4.79 Å². The molecule has 0 aliphatic heterocycles. The average molecular weight is 416 g/mol. The van der Waals surface area contributed by atoms with Crippen molar-refractivity contribution in [3.05, 3.63) is 78.8 Å². The molecule has 31 heavy (non-hydrogen) atoms. The number of benzene rings is 1. The molecule has 1 N–H and O–H groups in total. The highest BCUT2D eigenvalue weighted by Gasteiger charge is 2.12. The highest BCUT2D eigenvalue weighted by molar-refractivity contribution is 5.92. The summed E-state index contributed by atoms with van der Waals surface area (Å²) in [5.74, 6) is 0.762. The number of carbonyl (C=O) groups is 1. The first-order valence-electron chi connectivity index (χ1n) is 10.9. The number of nitrogens with zero attached hydrogens (tertiary/aromatic N) is 4. The van der Waals surface area contributed by atoms with Crippen molar-refractivity contribution >= 4 is 11.4 Å². The molecule has 0 bridgehead atoms. The fourth-order valence-electron chi connectivity index (χ4n) is 3.78. The standard InChI is InChI=1S/C25H29N5O/c1-3-28(4-2)17-8-16-26-25(31)23-15-18-30(27-23)24-14-13-22-12-11-21(19-29(22)24)20-9-6-5-7-10-20/h5-7,9-15,18-19H,3-4,8,16-17H2,1-2H3,(H,26,31). The van der Waals surface area contributed by atoms with Crippen LogP contribution in [0.5, 0.6) is 0 Å². The predicted molar refractivity (Wildman–Crippen MR) is 125 cm³/mol. The van der Waals surface area contributed by atoms with Crippen molar-refractivity contribution in [2.24, 2.45) is 0 Å². The molecule has 0 fully saturated rings. The zero-order valence-corrected chi connectivity index (χ0v) is 18.2. The van der Waals surface area contributed by atoms with Crippen molar-refractivity contribution in [3.63, 3.8) is 0 Å². The van der Waals surface area contributed by atoms with E-state index in [0.717, 1.165) is 48.5 Å². The van der Waals surface area contributed by atoms with Crippen LogP contribution in [0, 0.1) is 0 Å². The van der Waals surface area contributed by atoms with E-state index in [0.29, 0.717) is 12.2 Å². The Hall–Kier alpha value is -3.38. The van der Waals surface area contributed by atoms with Crippen LogP contribution >= 0.6 is 0 Å². The summed E-state index contributed by atoms with van der Waals surface area (Å²) in [6.07, 6.45) is 4.87. The Kier molecular flexibility index (Phi) is 6.48. The molecule has 0 radical (unpaired) electrons. The van der Waals surface area contributed by atoms with Gasteiger partial charge in [0.2, 0.25) is 0 Å². The molecule has 3 heterocycles. The smallest absolute Gasteiger partial charge is 0.271 e. The van der Waals surface area contributed by atoms with Crippen LogP contribution in [-0.2, 0) is 0 Å². The number of amides is 1. The van der Waals surface area contributed by atoms with E-state index in [1.807, 2.05) is 30.5 Å². The molecule has 0 spiro atoms. The van der Waals surface area contributed by atoms with E-state index in [1.165, 1.54) is 0 Å². The summed E-state index contributed by atoms with van der Waals surface area (Å²) in [6.45, 7) is 8.02. The predicted octanol–water partition coefficient (Wildman–Crippen LogP) is 4.25. The lowest BCUT2D eigenvalue weighted by molar-refractivity contribution is 0.0946. The van der Waals surface area contributed by atoms with Crippen LogP contribution in [-0.4, -0.2) is 51.2 Å². The van der Waals surface area contributed by atoms with Gasteiger partial charge in [0.15, 0.2) is 5.69 Å². The largest absolute Gasteiger partial charge is 0.351 e. The first-order chi connectivity index (χ1) is 15.2. The molecule has 1 aromatic carbocycles. The van der Waals surface area contributed by atoms with Crippen molar-refractivity contribution in [2.75, 3.05) is 26.2 Å². The lowest BCUT2D eigenvalue weighted by Gasteiger charge is -2.17. The van der Waals surface area contributed by atoms with Crippen molar-refractivity contribution in [3.8, 4) is 16.9 Å². The van der Waals surface area contributed by atoms with Crippen molar-refractivity contribution in [2.45, 2.75) is 20.3 Å². The van der Waals surface area contributed by atoms with Crippen LogP contribution in [0.25, 0.3) is 22.5 Å². The summed E-state index contributed by atoms with van der Waals surface area (Å²) < 4.78 is 3.85. The molecule has 0 atom stereocenters. The minimum Gasteiger partial charge on any atom is -0.351 e. The number of aromatic nitrogens is 3. The number of hydrogen-bond donors (Lipinski definition) is 1. The van der Waals surface area contributed by atoms with Crippen molar-refractivity contribution in [1.29, 1.82) is 0 Å². The normalized spacial score (nSPS) is 11.3. The van der Waals surface area contributed by atoms with Gasteiger partial charge >= 0.3 is 0 Å². The fraction of sp³-hybridized carbons (Fsp3) is 0.280. The number of pyridine rings is 1. The second kappa shape index (κ2) is 9.62. The molecular weight excluding hydrogens is 386 g/mol. The maximum absolute atomic E-state index is 12.5. The number of rotatable bonds is 9. The third-order valence-corrected chi connectivity index (χ3v) is 5.62. The van der Waals surface area contributed by atoms with Crippen LogP contribution in [0.15, 0.2) is 73.1 Å². The summed E-state index contributed by atoms with van der Waals surface area (Å²) in [5, 5.41) is 7.51. The lowest BCUT2D eigenvalue weighted by Crippen LogP contribution is -2.30. The van der Waals surface area contributed by atoms with Crippen LogP contribution in [0.3, 0.4) is 0 Å². The van der Waals surface area contributed by atoms with E-state index in [2.05, 4.69) is 70.1 Å². The third-order valence-electron chi connectivity index (χ3n) is 5.62. The Morgan fingerprint density at radius 2 is 1.74 bits per heavy atom. The van der Waals surface area contributed by atoms with Gasteiger partial charge in [0.1, 0.15) is 5.82 Å². The Balaban J connectivity index is 1.48. The topological polar surface area (TPSA) is 54.6 Å². The van der Waals surface area contributed by atoms with E-state index < -0.39 is 0 Å². The second-order valence-corrected chi connectivity index (χ2v) is 7.55. The van der Waals surface area contributed by atoms with Gasteiger partial charge in [0.05, 0.1) is 0 Å². The molecule has 6 nitrogen and oxygen atoms in total. The Labute approximate surface area is 183 Å². The van der Waals surface area contributed by atoms with Gasteiger partial charge in [-0.2, -0.15) is 5.10 Å². The highest BCUT2D eigenvalue weighted by atomic mass is 16.1. The molecular formula is C25H29N5O. The number of carbonyl (C=O) groups excluding carboxylic acids is 1. The SMILES string of the molecule is CCN(CC)CCCNC(=O)c1ccn(-c2ccc3ccc(-c4ccccc4)cn23)n1. The van der Waals surface area contributed by atoms with E-state index in [1.54, 1.807) is 10.7 Å². The first-order valence-corrected chi connectivity index (χ1v) is 10.9. The minimum absolute atomic E-state index is 0.135. The molecule has 0 aliphatic carbocycles. The number of hydrogen-bond acceptors (Lipinski definition) is 3. The molecule has 1 amide bonds. The summed E-state index contributed by atoms with van der Waals surface area (Å²) >= 11 is 0. The van der Waals surface area contributed by atoms with Crippen LogP contribution in [0.4, 0.5) is 0 Å². The third kappa shape index (κ3) is 4.70. The van der Waals surface area contributed by atoms with Crippen molar-refractivity contribution < 1.29 is 4.79 Å². The molecule has 4 aromatic rings. The highest BCUT2D eigenvalue weighted by Crippen LogP contribution is 2.22. The van der Waals surface area contributed by atoms with E-state index >= 15 is 0 Å². The van der Waals surface area contributed by atoms with Gasteiger partial charge in [0, 0.05) is 24.5 Å². The molecule has 160 valence electrons. The quantitative estimate of drug-likeness (QED) is 0.416.